The van der Waals surface area contributed by atoms with Gasteiger partial charge in [-0.05, 0) is 30.8 Å². The summed E-state index contributed by atoms with van der Waals surface area (Å²) >= 11 is 0. The summed E-state index contributed by atoms with van der Waals surface area (Å²) in [5, 5.41) is 2.83. The molecule has 0 atom stereocenters. The number of piperazine rings is 1. The predicted octanol–water partition coefficient (Wildman–Crippen LogP) is 2.78. The van der Waals surface area contributed by atoms with Crippen LogP contribution in [0.4, 0.5) is 0 Å². The molecule has 0 saturated carbocycles. The molecule has 1 saturated heterocycles. The van der Waals surface area contributed by atoms with E-state index in [2.05, 4.69) is 10.2 Å². The van der Waals surface area contributed by atoms with Crippen molar-refractivity contribution in [1.29, 1.82) is 0 Å². The number of rotatable bonds is 7. The summed E-state index contributed by atoms with van der Waals surface area (Å²) in [6.07, 6.45) is 0. The van der Waals surface area contributed by atoms with Gasteiger partial charge in [0.15, 0.2) is 5.78 Å². The van der Waals surface area contributed by atoms with Gasteiger partial charge in [0.05, 0.1) is 10.5 Å². The molecule has 0 aliphatic carbocycles. The summed E-state index contributed by atoms with van der Waals surface area (Å²) in [6.45, 7) is 2.56. The van der Waals surface area contributed by atoms with Crippen LogP contribution in [0, 0.1) is 0 Å². The topological polar surface area (TPSA) is 86.8 Å². The van der Waals surface area contributed by atoms with E-state index in [1.807, 2.05) is 13.1 Å². The minimum absolute atomic E-state index is 0.210. The molecule has 1 aliphatic heterocycles. The summed E-state index contributed by atoms with van der Waals surface area (Å²) < 4.78 is 27.3. The highest BCUT2D eigenvalue weighted by Gasteiger charge is 2.27. The zero-order valence-electron chi connectivity index (χ0n) is 19.0. The van der Waals surface area contributed by atoms with Gasteiger partial charge >= 0.3 is 0 Å². The second-order valence-electron chi connectivity index (χ2n) is 8.27. The smallest absolute Gasteiger partial charge is 0.252 e. The molecule has 1 aliphatic rings. The third kappa shape index (κ3) is 5.25. The summed E-state index contributed by atoms with van der Waals surface area (Å²) in [5.74, 6) is -0.584. The summed E-state index contributed by atoms with van der Waals surface area (Å²) in [5.41, 5.74) is 1.91. The van der Waals surface area contributed by atoms with Gasteiger partial charge in [-0.3, -0.25) is 9.59 Å². The van der Waals surface area contributed by atoms with Gasteiger partial charge in [-0.1, -0.05) is 60.7 Å². The molecule has 0 spiro atoms. The molecular formula is C26H27N3O4S. The van der Waals surface area contributed by atoms with Crippen molar-refractivity contribution in [3.63, 3.8) is 0 Å². The van der Waals surface area contributed by atoms with Gasteiger partial charge in [0.2, 0.25) is 10.0 Å². The number of hydrogen-bond donors (Lipinski definition) is 1. The maximum atomic E-state index is 12.9. The molecule has 0 radical (unpaired) electrons. The Morgan fingerprint density at radius 3 is 2.03 bits per heavy atom. The maximum Gasteiger partial charge on any atom is 0.252 e. The number of ketones is 1. The zero-order chi connectivity index (χ0) is 24.1. The van der Waals surface area contributed by atoms with E-state index in [0.717, 1.165) is 5.56 Å². The van der Waals surface area contributed by atoms with Crippen LogP contribution < -0.4 is 5.32 Å². The molecule has 34 heavy (non-hydrogen) atoms. The average molecular weight is 478 g/mol. The van der Waals surface area contributed by atoms with E-state index in [1.165, 1.54) is 4.31 Å². The lowest BCUT2D eigenvalue weighted by molar-refractivity contribution is 0.0939. The molecule has 0 aromatic heterocycles. The molecule has 0 unspecified atom stereocenters. The Morgan fingerprint density at radius 1 is 0.794 bits per heavy atom. The number of carbonyl (C=O) groups is 2. The Kier molecular flexibility index (Phi) is 7.21. The molecule has 7 nitrogen and oxygen atoms in total. The van der Waals surface area contributed by atoms with Crippen LogP contribution in [-0.2, 0) is 16.6 Å². The third-order valence-electron chi connectivity index (χ3n) is 5.93. The third-order valence-corrected chi connectivity index (χ3v) is 7.84. The molecule has 4 rings (SSSR count). The van der Waals surface area contributed by atoms with Crippen LogP contribution in [-0.4, -0.2) is 62.5 Å². The van der Waals surface area contributed by atoms with E-state index >= 15 is 0 Å². The number of nitrogens with zero attached hydrogens (tertiary/aromatic N) is 2. The Bertz CT molecular complexity index is 1270. The molecule has 3 aromatic rings. The number of hydrogen-bond acceptors (Lipinski definition) is 5. The van der Waals surface area contributed by atoms with Crippen molar-refractivity contribution >= 4 is 21.7 Å². The van der Waals surface area contributed by atoms with Crippen molar-refractivity contribution in [2.75, 3.05) is 33.2 Å². The van der Waals surface area contributed by atoms with E-state index < -0.39 is 10.0 Å². The van der Waals surface area contributed by atoms with Crippen molar-refractivity contribution in [3.05, 3.63) is 101 Å². The number of amides is 1. The van der Waals surface area contributed by atoms with Gasteiger partial charge in [0.25, 0.3) is 5.91 Å². The lowest BCUT2D eigenvalue weighted by Crippen LogP contribution is -2.47. The van der Waals surface area contributed by atoms with Gasteiger partial charge < -0.3 is 10.2 Å². The van der Waals surface area contributed by atoms with Gasteiger partial charge in [0.1, 0.15) is 0 Å². The lowest BCUT2D eigenvalue weighted by Gasteiger charge is -2.31. The number of likely N-dealkylation sites (N-methyl/N-ethyl adjacent to an activating group) is 1. The maximum absolute atomic E-state index is 12.9. The highest BCUT2D eigenvalue weighted by Crippen LogP contribution is 2.19. The molecule has 1 N–H and O–H groups in total. The van der Waals surface area contributed by atoms with Crippen molar-refractivity contribution in [3.8, 4) is 0 Å². The monoisotopic (exact) mass is 477 g/mol. The minimum atomic E-state index is -3.54. The molecule has 0 bridgehead atoms. The minimum Gasteiger partial charge on any atom is -0.348 e. The fourth-order valence-electron chi connectivity index (χ4n) is 3.86. The molecule has 1 fully saturated rings. The first-order valence-electron chi connectivity index (χ1n) is 11.1. The Labute approximate surface area is 200 Å². The largest absolute Gasteiger partial charge is 0.348 e. The highest BCUT2D eigenvalue weighted by molar-refractivity contribution is 7.89. The lowest BCUT2D eigenvalue weighted by atomic mass is 9.98. The first-order valence-corrected chi connectivity index (χ1v) is 12.5. The summed E-state index contributed by atoms with van der Waals surface area (Å²) in [4.78, 5) is 28.1. The van der Waals surface area contributed by atoms with Crippen molar-refractivity contribution in [2.45, 2.75) is 11.4 Å². The molecule has 1 heterocycles. The van der Waals surface area contributed by atoms with Crippen molar-refractivity contribution < 1.29 is 18.0 Å². The molecule has 1 amide bonds. The first-order chi connectivity index (χ1) is 16.4. The number of sulfonamides is 1. The number of carbonyl (C=O) groups excluding carboxylic acids is 2. The molecule has 8 heteroatoms. The SMILES string of the molecule is CN1CCN(S(=O)(=O)c2ccc(CNC(=O)c3ccccc3C(=O)c3ccccc3)cc2)CC1. The van der Waals surface area contributed by atoms with Crippen LogP contribution in [0.2, 0.25) is 0 Å². The van der Waals surface area contributed by atoms with Gasteiger partial charge in [-0.15, -0.1) is 0 Å². The van der Waals surface area contributed by atoms with E-state index in [4.69, 9.17) is 0 Å². The summed E-state index contributed by atoms with van der Waals surface area (Å²) in [7, 11) is -1.56. The molecule has 176 valence electrons. The fourth-order valence-corrected chi connectivity index (χ4v) is 5.28. The van der Waals surface area contributed by atoms with Crippen LogP contribution in [0.25, 0.3) is 0 Å². The molecule has 3 aromatic carbocycles. The van der Waals surface area contributed by atoms with Crippen LogP contribution in [0.1, 0.15) is 31.8 Å². The quantitative estimate of drug-likeness (QED) is 0.529. The van der Waals surface area contributed by atoms with Crippen LogP contribution in [0.15, 0.2) is 83.8 Å². The zero-order valence-corrected chi connectivity index (χ0v) is 19.8. The Balaban J connectivity index is 1.43. The molecular weight excluding hydrogens is 450 g/mol. The second-order valence-corrected chi connectivity index (χ2v) is 10.2. The number of benzene rings is 3. The summed E-state index contributed by atoms with van der Waals surface area (Å²) in [6, 6.07) is 22.1. The van der Waals surface area contributed by atoms with Crippen LogP contribution in [0.3, 0.4) is 0 Å². The van der Waals surface area contributed by atoms with E-state index in [9.17, 15) is 18.0 Å². The van der Waals surface area contributed by atoms with Crippen molar-refractivity contribution in [2.24, 2.45) is 0 Å². The second kappa shape index (κ2) is 10.3. The van der Waals surface area contributed by atoms with E-state index in [0.29, 0.717) is 42.9 Å². The predicted molar refractivity (Wildman–Crippen MR) is 130 cm³/mol. The van der Waals surface area contributed by atoms with Crippen molar-refractivity contribution in [1.82, 2.24) is 14.5 Å². The number of nitrogens with one attached hydrogen (secondary N) is 1. The normalized spacial score (nSPS) is 15.1. The highest BCUT2D eigenvalue weighted by atomic mass is 32.2. The first kappa shape index (κ1) is 23.8. The van der Waals surface area contributed by atoms with Gasteiger partial charge in [0, 0.05) is 43.9 Å². The van der Waals surface area contributed by atoms with E-state index in [1.54, 1.807) is 72.8 Å². The Hall–Kier alpha value is -3.33. The van der Waals surface area contributed by atoms with E-state index in [-0.39, 0.29) is 23.1 Å². The standard InChI is InChI=1S/C26H27N3O4S/c1-28-15-17-29(18-16-28)34(32,33)22-13-11-20(12-14-22)19-27-26(31)24-10-6-5-9-23(24)25(30)21-7-3-2-4-8-21/h2-14H,15-19H2,1H3,(H,27,31). The van der Waals surface area contributed by atoms with Crippen LogP contribution in [0.5, 0.6) is 0 Å². The average Bonchev–Trinajstić information content (AvgIpc) is 2.88. The Morgan fingerprint density at radius 2 is 1.38 bits per heavy atom. The van der Waals surface area contributed by atoms with Gasteiger partial charge in [-0.25, -0.2) is 8.42 Å². The van der Waals surface area contributed by atoms with Crippen LogP contribution >= 0.6 is 0 Å². The van der Waals surface area contributed by atoms with Gasteiger partial charge in [-0.2, -0.15) is 4.31 Å². The fraction of sp³-hybridized carbons (Fsp3) is 0.231.